The highest BCUT2D eigenvalue weighted by Crippen LogP contribution is 2.24. The standard InChI is InChI=1S/C16H11BrFN3O2/c17-12-3-1-2-10(8-12)9-21-15(14(16(22)23)19-20-21)11-4-6-13(18)7-5-11/h1-8H,9H2,(H,22,23). The Morgan fingerprint density at radius 1 is 1.22 bits per heavy atom. The first-order valence-corrected chi connectivity index (χ1v) is 7.51. The van der Waals surface area contributed by atoms with E-state index >= 15 is 0 Å². The quantitative estimate of drug-likeness (QED) is 0.756. The van der Waals surface area contributed by atoms with Gasteiger partial charge in [0.25, 0.3) is 0 Å². The van der Waals surface area contributed by atoms with Crippen LogP contribution in [0.2, 0.25) is 0 Å². The first-order valence-electron chi connectivity index (χ1n) is 6.72. The highest BCUT2D eigenvalue weighted by atomic mass is 79.9. The van der Waals surface area contributed by atoms with Crippen molar-refractivity contribution in [3.63, 3.8) is 0 Å². The summed E-state index contributed by atoms with van der Waals surface area (Å²) in [6.07, 6.45) is 0. The second-order valence-electron chi connectivity index (χ2n) is 4.89. The van der Waals surface area contributed by atoms with Gasteiger partial charge < -0.3 is 5.11 Å². The van der Waals surface area contributed by atoms with Crippen LogP contribution in [-0.2, 0) is 6.54 Å². The van der Waals surface area contributed by atoms with Crippen molar-refractivity contribution >= 4 is 21.9 Å². The molecule has 0 spiro atoms. The Bertz CT molecular complexity index is 862. The molecule has 0 saturated carbocycles. The van der Waals surface area contributed by atoms with E-state index < -0.39 is 11.8 Å². The molecule has 0 bridgehead atoms. The Labute approximate surface area is 139 Å². The molecule has 0 radical (unpaired) electrons. The number of benzene rings is 2. The first kappa shape index (κ1) is 15.4. The molecule has 3 aromatic rings. The lowest BCUT2D eigenvalue weighted by Gasteiger charge is -2.08. The maximum Gasteiger partial charge on any atom is 0.358 e. The molecule has 23 heavy (non-hydrogen) atoms. The van der Waals surface area contributed by atoms with E-state index in [0.29, 0.717) is 17.8 Å². The molecule has 7 heteroatoms. The molecule has 5 nitrogen and oxygen atoms in total. The number of hydrogen-bond donors (Lipinski definition) is 1. The minimum Gasteiger partial charge on any atom is -0.476 e. The van der Waals surface area contributed by atoms with Crippen molar-refractivity contribution in [2.45, 2.75) is 6.54 Å². The van der Waals surface area contributed by atoms with Crippen molar-refractivity contribution in [2.75, 3.05) is 0 Å². The van der Waals surface area contributed by atoms with Gasteiger partial charge in [0, 0.05) is 10.0 Å². The molecule has 0 aliphatic rings. The van der Waals surface area contributed by atoms with E-state index in [1.165, 1.54) is 28.9 Å². The van der Waals surface area contributed by atoms with Gasteiger partial charge >= 0.3 is 5.97 Å². The second-order valence-corrected chi connectivity index (χ2v) is 5.80. The monoisotopic (exact) mass is 375 g/mol. The van der Waals surface area contributed by atoms with Crippen LogP contribution < -0.4 is 0 Å². The summed E-state index contributed by atoms with van der Waals surface area (Å²) in [6, 6.07) is 13.2. The number of carboxylic acid groups (broad SMARTS) is 1. The summed E-state index contributed by atoms with van der Waals surface area (Å²) in [4.78, 5) is 11.4. The number of carboxylic acids is 1. The zero-order valence-electron chi connectivity index (χ0n) is 11.8. The van der Waals surface area contributed by atoms with Gasteiger partial charge in [-0.1, -0.05) is 33.3 Å². The molecule has 2 aromatic carbocycles. The topological polar surface area (TPSA) is 68.0 Å². The predicted molar refractivity (Wildman–Crippen MR) is 85.6 cm³/mol. The maximum absolute atomic E-state index is 13.1. The molecule has 0 aliphatic heterocycles. The minimum absolute atomic E-state index is 0.161. The minimum atomic E-state index is -1.18. The van der Waals surface area contributed by atoms with E-state index in [-0.39, 0.29) is 5.69 Å². The van der Waals surface area contributed by atoms with Crippen molar-refractivity contribution in [3.05, 3.63) is 70.1 Å². The van der Waals surface area contributed by atoms with Crippen LogP contribution in [0.15, 0.2) is 53.0 Å². The summed E-state index contributed by atoms with van der Waals surface area (Å²) in [5, 5.41) is 17.0. The number of aromatic carboxylic acids is 1. The predicted octanol–water partition coefficient (Wildman–Crippen LogP) is 3.59. The third-order valence-electron chi connectivity index (χ3n) is 3.28. The molecule has 0 fully saturated rings. The van der Waals surface area contributed by atoms with Crippen LogP contribution in [0, 0.1) is 5.82 Å². The molecule has 0 saturated heterocycles. The van der Waals surface area contributed by atoms with E-state index in [1.54, 1.807) is 0 Å². The molecule has 0 amide bonds. The summed E-state index contributed by atoms with van der Waals surface area (Å²) >= 11 is 3.39. The van der Waals surface area contributed by atoms with Gasteiger partial charge in [-0.2, -0.15) is 0 Å². The van der Waals surface area contributed by atoms with Crippen LogP contribution in [0.5, 0.6) is 0 Å². The Hall–Kier alpha value is -2.54. The van der Waals surface area contributed by atoms with E-state index in [0.717, 1.165) is 10.0 Å². The van der Waals surface area contributed by atoms with Crippen LogP contribution >= 0.6 is 15.9 Å². The van der Waals surface area contributed by atoms with Gasteiger partial charge in [-0.05, 0) is 42.0 Å². The van der Waals surface area contributed by atoms with Gasteiger partial charge in [-0.25, -0.2) is 13.9 Å². The van der Waals surface area contributed by atoms with Crippen molar-refractivity contribution in [3.8, 4) is 11.3 Å². The van der Waals surface area contributed by atoms with Crippen molar-refractivity contribution < 1.29 is 14.3 Å². The SMILES string of the molecule is O=C(O)c1nnn(Cc2cccc(Br)c2)c1-c1ccc(F)cc1. The largest absolute Gasteiger partial charge is 0.476 e. The van der Waals surface area contributed by atoms with Crippen LogP contribution in [0.1, 0.15) is 16.1 Å². The lowest BCUT2D eigenvalue weighted by Crippen LogP contribution is -2.06. The van der Waals surface area contributed by atoms with E-state index in [4.69, 9.17) is 0 Å². The zero-order chi connectivity index (χ0) is 16.4. The summed E-state index contributed by atoms with van der Waals surface area (Å²) in [5.74, 6) is -1.57. The van der Waals surface area contributed by atoms with E-state index in [2.05, 4.69) is 26.2 Å². The van der Waals surface area contributed by atoms with E-state index in [9.17, 15) is 14.3 Å². The van der Waals surface area contributed by atoms with Crippen LogP contribution in [0.4, 0.5) is 4.39 Å². The maximum atomic E-state index is 13.1. The van der Waals surface area contributed by atoms with Crippen molar-refractivity contribution in [2.24, 2.45) is 0 Å². The number of aromatic nitrogens is 3. The number of carbonyl (C=O) groups is 1. The van der Waals surface area contributed by atoms with Crippen molar-refractivity contribution in [1.82, 2.24) is 15.0 Å². The molecular weight excluding hydrogens is 365 g/mol. The zero-order valence-corrected chi connectivity index (χ0v) is 13.4. The molecule has 116 valence electrons. The Morgan fingerprint density at radius 3 is 2.61 bits per heavy atom. The first-order chi connectivity index (χ1) is 11.0. The number of hydrogen-bond acceptors (Lipinski definition) is 3. The summed E-state index contributed by atoms with van der Waals surface area (Å²) in [6.45, 7) is 0.354. The fourth-order valence-electron chi connectivity index (χ4n) is 2.27. The highest BCUT2D eigenvalue weighted by Gasteiger charge is 2.20. The fraction of sp³-hybridized carbons (Fsp3) is 0.0625. The Balaban J connectivity index is 2.07. The average molecular weight is 376 g/mol. The molecule has 1 N–H and O–H groups in total. The van der Waals surface area contributed by atoms with Gasteiger partial charge in [0.15, 0.2) is 5.69 Å². The molecule has 3 rings (SSSR count). The number of nitrogens with zero attached hydrogens (tertiary/aromatic N) is 3. The molecule has 0 unspecified atom stereocenters. The van der Waals surface area contributed by atoms with Crippen LogP contribution in [0.25, 0.3) is 11.3 Å². The van der Waals surface area contributed by atoms with Gasteiger partial charge in [-0.3, -0.25) is 0 Å². The van der Waals surface area contributed by atoms with Gasteiger partial charge in [0.1, 0.15) is 11.5 Å². The smallest absolute Gasteiger partial charge is 0.358 e. The van der Waals surface area contributed by atoms with Gasteiger partial charge in [-0.15, -0.1) is 5.10 Å². The Kier molecular flexibility index (Phi) is 4.20. The molecule has 0 aliphatic carbocycles. The van der Waals surface area contributed by atoms with Crippen LogP contribution in [0.3, 0.4) is 0 Å². The summed E-state index contributed by atoms with van der Waals surface area (Å²) in [5.41, 5.74) is 1.66. The number of rotatable bonds is 4. The lowest BCUT2D eigenvalue weighted by molar-refractivity contribution is 0.0691. The van der Waals surface area contributed by atoms with Gasteiger partial charge in [0.2, 0.25) is 0 Å². The summed E-state index contributed by atoms with van der Waals surface area (Å²) < 4.78 is 15.5. The van der Waals surface area contributed by atoms with E-state index in [1.807, 2.05) is 24.3 Å². The van der Waals surface area contributed by atoms with Gasteiger partial charge in [0.05, 0.1) is 6.54 Å². The fourth-order valence-corrected chi connectivity index (χ4v) is 2.72. The Morgan fingerprint density at radius 2 is 1.96 bits per heavy atom. The third kappa shape index (κ3) is 3.29. The normalized spacial score (nSPS) is 10.7. The summed E-state index contributed by atoms with van der Waals surface area (Å²) in [7, 11) is 0. The highest BCUT2D eigenvalue weighted by molar-refractivity contribution is 9.10. The lowest BCUT2D eigenvalue weighted by atomic mass is 10.1. The van der Waals surface area contributed by atoms with Crippen LogP contribution in [-0.4, -0.2) is 26.1 Å². The molecular formula is C16H11BrFN3O2. The molecule has 1 aromatic heterocycles. The number of halogens is 2. The average Bonchev–Trinajstić information content (AvgIpc) is 2.92. The molecule has 0 atom stereocenters. The second kappa shape index (κ2) is 6.29. The third-order valence-corrected chi connectivity index (χ3v) is 3.77. The molecule has 1 heterocycles. The van der Waals surface area contributed by atoms with Crippen molar-refractivity contribution in [1.29, 1.82) is 0 Å².